The minimum atomic E-state index is -0.103. The smallest absolute Gasteiger partial charge is 0.254 e. The summed E-state index contributed by atoms with van der Waals surface area (Å²) in [6, 6.07) is 16.8. The van der Waals surface area contributed by atoms with Gasteiger partial charge in [-0.05, 0) is 48.5 Å². The van der Waals surface area contributed by atoms with Gasteiger partial charge in [-0.15, -0.1) is 0 Å². The highest BCUT2D eigenvalue weighted by molar-refractivity contribution is 6.30. The monoisotopic (exact) mass is 561 g/mol. The van der Waals surface area contributed by atoms with Crippen LogP contribution in [0.3, 0.4) is 0 Å². The number of hydrogen-bond acceptors (Lipinski definition) is 7. The van der Waals surface area contributed by atoms with Gasteiger partial charge in [0.15, 0.2) is 0 Å². The molecule has 208 valence electrons. The minimum absolute atomic E-state index is 0.00444. The minimum Gasteiger partial charge on any atom is -0.492 e. The molecule has 10 nitrogen and oxygen atoms in total. The highest BCUT2D eigenvalue weighted by Gasteiger charge is 2.23. The number of rotatable bonds is 10. The van der Waals surface area contributed by atoms with Gasteiger partial charge >= 0.3 is 0 Å². The number of aromatic amines is 1. The van der Waals surface area contributed by atoms with Crippen LogP contribution in [0.15, 0.2) is 67.1 Å². The van der Waals surface area contributed by atoms with Crippen molar-refractivity contribution in [2.24, 2.45) is 0 Å². The predicted molar refractivity (Wildman–Crippen MR) is 155 cm³/mol. The number of nitrogens with one attached hydrogen (secondary N) is 2. The molecule has 4 aromatic rings. The summed E-state index contributed by atoms with van der Waals surface area (Å²) in [6.07, 6.45) is 3.33. The first kappa shape index (κ1) is 27.4. The van der Waals surface area contributed by atoms with Crippen molar-refractivity contribution < 1.29 is 14.3 Å². The number of ether oxygens (including phenoxy) is 1. The normalized spacial score (nSPS) is 13.8. The van der Waals surface area contributed by atoms with E-state index in [1.807, 2.05) is 70.6 Å². The van der Waals surface area contributed by atoms with Crippen LogP contribution >= 0.6 is 11.6 Å². The number of H-pyrrole nitrogens is 1. The first-order valence-electron chi connectivity index (χ1n) is 13.3. The maximum absolute atomic E-state index is 13.5. The number of hydrogen-bond donors (Lipinski definition) is 2. The van der Waals surface area contributed by atoms with Gasteiger partial charge in [-0.2, -0.15) is 0 Å². The van der Waals surface area contributed by atoms with Gasteiger partial charge in [-0.25, -0.2) is 9.97 Å². The second-order valence-electron chi connectivity index (χ2n) is 9.56. The molecule has 11 heteroatoms. The van der Waals surface area contributed by atoms with E-state index in [9.17, 15) is 9.59 Å². The molecular formula is C29H32ClN7O3. The molecule has 0 aliphatic carbocycles. The van der Waals surface area contributed by atoms with Crippen LogP contribution in [0.1, 0.15) is 17.3 Å². The predicted octanol–water partition coefficient (Wildman–Crippen LogP) is 3.72. The molecule has 0 bridgehead atoms. The van der Waals surface area contributed by atoms with Gasteiger partial charge in [0, 0.05) is 75.2 Å². The van der Waals surface area contributed by atoms with Gasteiger partial charge in [0.2, 0.25) is 5.91 Å². The van der Waals surface area contributed by atoms with Crippen LogP contribution in [0, 0.1) is 0 Å². The topological polar surface area (TPSA) is 107 Å². The third-order valence-corrected chi connectivity index (χ3v) is 7.10. The molecule has 3 heterocycles. The standard InChI is InChI=1S/C29H32ClN7O3/c1-21(38)31-11-12-37(28-26-9-10-32-27(26)33-20-34-28)24-4-2-3-22(19-24)29(39)36-15-13-35(14-16-36)17-18-40-25-7-5-23(30)6-8-25/h2-10,19-20H,11-18H2,1H3,(H,31,38)(H,32,33,34). The van der Waals surface area contributed by atoms with Crippen LogP contribution < -0.4 is 15.0 Å². The molecular weight excluding hydrogens is 530 g/mol. The summed E-state index contributed by atoms with van der Waals surface area (Å²) in [4.78, 5) is 43.2. The molecule has 0 atom stereocenters. The molecule has 1 saturated heterocycles. The summed E-state index contributed by atoms with van der Waals surface area (Å²) < 4.78 is 5.82. The third-order valence-electron chi connectivity index (χ3n) is 6.85. The summed E-state index contributed by atoms with van der Waals surface area (Å²) in [7, 11) is 0. The molecule has 2 N–H and O–H groups in total. The fourth-order valence-corrected chi connectivity index (χ4v) is 4.89. The van der Waals surface area contributed by atoms with E-state index in [0.717, 1.165) is 42.1 Å². The molecule has 0 spiro atoms. The lowest BCUT2D eigenvalue weighted by Crippen LogP contribution is -2.49. The van der Waals surface area contributed by atoms with Gasteiger partial charge in [-0.1, -0.05) is 17.7 Å². The average Bonchev–Trinajstić information content (AvgIpc) is 3.46. The molecule has 2 amide bonds. The van der Waals surface area contributed by atoms with Crippen molar-refractivity contribution in [1.29, 1.82) is 0 Å². The van der Waals surface area contributed by atoms with Crippen molar-refractivity contribution >= 4 is 46.0 Å². The van der Waals surface area contributed by atoms with Gasteiger partial charge in [0.25, 0.3) is 5.91 Å². The van der Waals surface area contributed by atoms with Crippen molar-refractivity contribution in [3.63, 3.8) is 0 Å². The molecule has 0 unspecified atom stereocenters. The Morgan fingerprint density at radius 3 is 2.65 bits per heavy atom. The molecule has 0 saturated carbocycles. The number of benzene rings is 2. The second kappa shape index (κ2) is 12.8. The lowest BCUT2D eigenvalue weighted by molar-refractivity contribution is -0.118. The van der Waals surface area contributed by atoms with E-state index in [1.165, 1.54) is 13.3 Å². The lowest BCUT2D eigenvalue weighted by atomic mass is 10.1. The van der Waals surface area contributed by atoms with Crippen LogP contribution in [0.5, 0.6) is 5.75 Å². The number of carbonyl (C=O) groups is 2. The summed E-state index contributed by atoms with van der Waals surface area (Å²) >= 11 is 5.93. The van der Waals surface area contributed by atoms with E-state index in [4.69, 9.17) is 16.3 Å². The molecule has 5 rings (SSSR count). The third kappa shape index (κ3) is 6.70. The van der Waals surface area contributed by atoms with Crippen LogP contribution in [-0.2, 0) is 4.79 Å². The lowest BCUT2D eigenvalue weighted by Gasteiger charge is -2.34. The molecule has 0 radical (unpaired) electrons. The second-order valence-corrected chi connectivity index (χ2v) is 9.99. The molecule has 1 aliphatic heterocycles. The number of aromatic nitrogens is 3. The van der Waals surface area contributed by atoms with Gasteiger partial charge in [0.05, 0.1) is 5.39 Å². The van der Waals surface area contributed by atoms with E-state index >= 15 is 0 Å². The van der Waals surface area contributed by atoms with E-state index in [0.29, 0.717) is 49.2 Å². The summed E-state index contributed by atoms with van der Waals surface area (Å²) in [5.74, 6) is 1.39. The molecule has 2 aromatic heterocycles. The number of fused-ring (bicyclic) bond motifs is 1. The summed E-state index contributed by atoms with van der Waals surface area (Å²) in [5, 5.41) is 4.39. The number of carbonyl (C=O) groups excluding carboxylic acids is 2. The zero-order valence-electron chi connectivity index (χ0n) is 22.3. The Bertz CT molecular complexity index is 1450. The Morgan fingerprint density at radius 1 is 1.07 bits per heavy atom. The van der Waals surface area contributed by atoms with Crippen molar-refractivity contribution in [3.8, 4) is 5.75 Å². The fraction of sp³-hybridized carbons (Fsp3) is 0.310. The zero-order chi connectivity index (χ0) is 27.9. The maximum atomic E-state index is 13.5. The van der Waals surface area contributed by atoms with Crippen LogP contribution in [0.2, 0.25) is 5.02 Å². The SMILES string of the molecule is CC(=O)NCCN(c1cccc(C(=O)N2CCN(CCOc3ccc(Cl)cc3)CC2)c1)c1ncnc2[nH]ccc12. The Balaban J connectivity index is 1.23. The number of nitrogens with zero attached hydrogens (tertiary/aromatic N) is 5. The largest absolute Gasteiger partial charge is 0.492 e. The Morgan fingerprint density at radius 2 is 1.88 bits per heavy atom. The van der Waals surface area contributed by atoms with E-state index in [2.05, 4.69) is 25.2 Å². The van der Waals surface area contributed by atoms with Crippen LogP contribution in [0.4, 0.5) is 11.5 Å². The highest BCUT2D eigenvalue weighted by Crippen LogP contribution is 2.29. The number of anilines is 2. The van der Waals surface area contributed by atoms with Crippen molar-refractivity contribution in [2.45, 2.75) is 6.92 Å². The van der Waals surface area contributed by atoms with E-state index in [1.54, 1.807) is 0 Å². The number of piperazine rings is 1. The molecule has 1 aliphatic rings. The molecule has 40 heavy (non-hydrogen) atoms. The Hall–Kier alpha value is -4.15. The molecule has 2 aromatic carbocycles. The number of halogens is 1. The van der Waals surface area contributed by atoms with Crippen LogP contribution in [0.25, 0.3) is 11.0 Å². The number of amides is 2. The highest BCUT2D eigenvalue weighted by atomic mass is 35.5. The summed E-state index contributed by atoms with van der Waals surface area (Å²) in [5.41, 5.74) is 2.15. The quantitative estimate of drug-likeness (QED) is 0.304. The first-order chi connectivity index (χ1) is 19.5. The van der Waals surface area contributed by atoms with E-state index in [-0.39, 0.29) is 11.8 Å². The van der Waals surface area contributed by atoms with Crippen molar-refractivity contribution in [2.75, 3.05) is 57.3 Å². The van der Waals surface area contributed by atoms with Crippen molar-refractivity contribution in [1.82, 2.24) is 30.1 Å². The zero-order valence-corrected chi connectivity index (χ0v) is 23.1. The van der Waals surface area contributed by atoms with Gasteiger partial charge in [0.1, 0.15) is 30.1 Å². The average molecular weight is 562 g/mol. The van der Waals surface area contributed by atoms with Gasteiger partial charge in [-0.3, -0.25) is 14.5 Å². The van der Waals surface area contributed by atoms with E-state index < -0.39 is 0 Å². The first-order valence-corrected chi connectivity index (χ1v) is 13.7. The fourth-order valence-electron chi connectivity index (χ4n) is 4.76. The molecule has 1 fully saturated rings. The van der Waals surface area contributed by atoms with Crippen LogP contribution in [-0.4, -0.2) is 89.0 Å². The summed E-state index contributed by atoms with van der Waals surface area (Å²) in [6.45, 7) is 6.61. The maximum Gasteiger partial charge on any atom is 0.254 e. The Labute approximate surface area is 237 Å². The van der Waals surface area contributed by atoms with Gasteiger partial charge < -0.3 is 24.8 Å². The van der Waals surface area contributed by atoms with Crippen molar-refractivity contribution in [3.05, 3.63) is 77.7 Å². The Kier molecular flexibility index (Phi) is 8.78.